The molecule has 8 nitrogen and oxygen atoms in total. The third-order valence-electron chi connectivity index (χ3n) is 5.03. The third-order valence-corrected chi connectivity index (χ3v) is 5.99. The predicted octanol–water partition coefficient (Wildman–Crippen LogP) is 3.97. The van der Waals surface area contributed by atoms with Crippen molar-refractivity contribution in [1.29, 1.82) is 0 Å². The second kappa shape index (κ2) is 12.4. The molecule has 0 radical (unpaired) electrons. The van der Waals surface area contributed by atoms with E-state index in [1.807, 2.05) is 38.4 Å². The number of methoxy groups -OCH3 is 3. The Morgan fingerprint density at radius 2 is 1.71 bits per heavy atom. The Bertz CT molecular complexity index is 1110. The number of nitrogens with two attached hydrogens (primary N) is 1. The maximum absolute atomic E-state index is 6.28. The highest BCUT2D eigenvalue weighted by molar-refractivity contribution is 7.98. The van der Waals surface area contributed by atoms with Crippen molar-refractivity contribution in [2.24, 2.45) is 4.99 Å². The number of anilines is 1. The van der Waals surface area contributed by atoms with Gasteiger partial charge in [0.05, 0.1) is 46.4 Å². The molecule has 3 rings (SSSR count). The van der Waals surface area contributed by atoms with Crippen LogP contribution in [0.5, 0.6) is 17.2 Å². The molecule has 2 aromatic heterocycles. The summed E-state index contributed by atoms with van der Waals surface area (Å²) in [6.45, 7) is 1.43. The zero-order valence-corrected chi connectivity index (χ0v) is 21.2. The highest BCUT2D eigenvalue weighted by Crippen LogP contribution is 2.38. The van der Waals surface area contributed by atoms with Gasteiger partial charge in [-0.05, 0) is 43.9 Å². The first-order valence-electron chi connectivity index (χ1n) is 10.9. The molecule has 9 heteroatoms. The molecule has 0 saturated carbocycles. The molecule has 1 aromatic carbocycles. The monoisotopic (exact) mass is 487 g/mol. The van der Waals surface area contributed by atoms with Crippen LogP contribution in [-0.2, 0) is 18.7 Å². The first-order valence-corrected chi connectivity index (χ1v) is 12.1. The van der Waals surface area contributed by atoms with Gasteiger partial charge in [0.15, 0.2) is 11.5 Å². The van der Waals surface area contributed by atoms with Crippen LogP contribution in [-0.4, -0.2) is 52.6 Å². The summed E-state index contributed by atoms with van der Waals surface area (Å²) in [7, 11) is 8.82. The van der Waals surface area contributed by atoms with E-state index in [9.17, 15) is 0 Å². The van der Waals surface area contributed by atoms with E-state index in [1.165, 1.54) is 0 Å². The van der Waals surface area contributed by atoms with Crippen LogP contribution in [0.2, 0.25) is 0 Å². The molecule has 0 bridgehead atoms. The molecule has 0 spiro atoms. The molecule has 3 aromatic rings. The lowest BCUT2D eigenvalue weighted by molar-refractivity contribution is 0.324. The summed E-state index contributed by atoms with van der Waals surface area (Å²) in [5.41, 5.74) is 9.23. The van der Waals surface area contributed by atoms with Crippen molar-refractivity contribution >= 4 is 17.4 Å². The predicted molar refractivity (Wildman–Crippen MR) is 135 cm³/mol. The fourth-order valence-electron chi connectivity index (χ4n) is 3.43. The second-order valence-electron chi connectivity index (χ2n) is 7.95. The minimum absolute atomic E-state index is 0.512. The van der Waals surface area contributed by atoms with E-state index in [4.69, 9.17) is 28.8 Å². The van der Waals surface area contributed by atoms with E-state index in [-0.39, 0.29) is 0 Å². The molecule has 0 unspecified atom stereocenters. The van der Waals surface area contributed by atoms with Gasteiger partial charge in [-0.15, -0.1) is 0 Å². The molecule has 2 heterocycles. The number of hydrogen-bond acceptors (Lipinski definition) is 9. The van der Waals surface area contributed by atoms with Crippen molar-refractivity contribution in [1.82, 2.24) is 4.90 Å². The van der Waals surface area contributed by atoms with Crippen LogP contribution >= 0.6 is 11.8 Å². The largest absolute Gasteiger partial charge is 0.493 e. The zero-order chi connectivity index (χ0) is 24.5. The second-order valence-corrected chi connectivity index (χ2v) is 9.05. The highest BCUT2D eigenvalue weighted by Gasteiger charge is 2.14. The molecule has 0 aliphatic heterocycles. The van der Waals surface area contributed by atoms with Crippen LogP contribution < -0.4 is 25.5 Å². The van der Waals surface area contributed by atoms with E-state index in [1.54, 1.807) is 45.4 Å². The van der Waals surface area contributed by atoms with E-state index >= 15 is 0 Å². The summed E-state index contributed by atoms with van der Waals surface area (Å²) in [6.07, 6.45) is 2.21. The smallest absolute Gasteiger partial charge is 0.215 e. The molecule has 2 N–H and O–H groups in total. The molecule has 0 fully saturated rings. The third kappa shape index (κ3) is 6.98. The molecule has 0 amide bonds. The summed E-state index contributed by atoms with van der Waals surface area (Å²) in [5.74, 6) is 5.37. The Hall–Kier alpha value is -3.04. The molecule has 0 aliphatic rings. The van der Waals surface area contributed by atoms with Crippen LogP contribution in [0, 0.1) is 0 Å². The number of ether oxygens (including phenoxy) is 3. The minimum Gasteiger partial charge on any atom is -0.493 e. The maximum Gasteiger partial charge on any atom is 0.215 e. The molecule has 0 aliphatic carbocycles. The Morgan fingerprint density at radius 1 is 1.00 bits per heavy atom. The fraction of sp³-hybridized carbons (Fsp3) is 0.400. The maximum atomic E-state index is 6.28. The van der Waals surface area contributed by atoms with Crippen LogP contribution in [0.15, 0.2) is 50.4 Å². The number of benzene rings is 1. The van der Waals surface area contributed by atoms with Crippen molar-refractivity contribution in [3.05, 3.63) is 64.8 Å². The summed E-state index contributed by atoms with van der Waals surface area (Å²) < 4.78 is 27.8. The van der Waals surface area contributed by atoms with Gasteiger partial charge in [-0.25, -0.2) is 0 Å². The van der Waals surface area contributed by atoms with E-state index in [0.29, 0.717) is 41.5 Å². The number of nitrogens with zero attached hydrogens (tertiary/aromatic N) is 2. The minimum atomic E-state index is 0.512. The van der Waals surface area contributed by atoms with Crippen LogP contribution in [0.3, 0.4) is 0 Å². The van der Waals surface area contributed by atoms with Crippen molar-refractivity contribution in [2.75, 3.05) is 53.5 Å². The van der Waals surface area contributed by atoms with Gasteiger partial charge in [0.2, 0.25) is 11.3 Å². The van der Waals surface area contributed by atoms with Gasteiger partial charge in [0.1, 0.15) is 11.5 Å². The van der Waals surface area contributed by atoms with Crippen LogP contribution in [0.25, 0.3) is 0 Å². The summed E-state index contributed by atoms with van der Waals surface area (Å²) in [5, 5.41) is 0. The van der Waals surface area contributed by atoms with Gasteiger partial charge >= 0.3 is 0 Å². The van der Waals surface area contributed by atoms with Crippen molar-refractivity contribution < 1.29 is 23.0 Å². The van der Waals surface area contributed by atoms with Gasteiger partial charge in [-0.1, -0.05) is 0 Å². The number of furan rings is 1. The lowest BCUT2D eigenvalue weighted by atomic mass is 10.0. The lowest BCUT2D eigenvalue weighted by Crippen LogP contribution is -2.09. The first-order chi connectivity index (χ1) is 16.4. The summed E-state index contributed by atoms with van der Waals surface area (Å²) in [4.78, 5) is 6.59. The van der Waals surface area contributed by atoms with Crippen molar-refractivity contribution in [3.63, 3.8) is 0 Å². The average Bonchev–Trinajstić information content (AvgIpc) is 3.26. The number of thioether (sulfide) groups is 1. The van der Waals surface area contributed by atoms with Gasteiger partial charge in [-0.3, -0.25) is 4.99 Å². The summed E-state index contributed by atoms with van der Waals surface area (Å²) >= 11 is 1.77. The molecule has 184 valence electrons. The molecular weight excluding hydrogens is 454 g/mol. The van der Waals surface area contributed by atoms with Gasteiger partial charge < -0.3 is 33.7 Å². The fourth-order valence-corrected chi connectivity index (χ4v) is 4.15. The van der Waals surface area contributed by atoms with Crippen LogP contribution in [0.1, 0.15) is 22.6 Å². The van der Waals surface area contributed by atoms with E-state index in [2.05, 4.69) is 9.89 Å². The quantitative estimate of drug-likeness (QED) is 0.384. The molecule has 34 heavy (non-hydrogen) atoms. The normalized spacial score (nSPS) is 11.8. The number of rotatable bonds is 12. The van der Waals surface area contributed by atoms with E-state index in [0.717, 1.165) is 40.7 Å². The zero-order valence-electron chi connectivity index (χ0n) is 20.4. The van der Waals surface area contributed by atoms with E-state index < -0.39 is 0 Å². The number of nitrogen functional groups attached to an aromatic ring is 1. The van der Waals surface area contributed by atoms with Gasteiger partial charge in [0.25, 0.3) is 0 Å². The SMILES string of the molecule is COc1cc(Cc2coc(=NCCSCc3ccc(CN(C)C)o3)cc2N)cc(OC)c1OC. The Morgan fingerprint density at radius 3 is 2.32 bits per heavy atom. The Kier molecular flexibility index (Phi) is 9.35. The molecule has 0 saturated heterocycles. The summed E-state index contributed by atoms with van der Waals surface area (Å²) in [6, 6.07) is 9.63. The highest BCUT2D eigenvalue weighted by atomic mass is 32.2. The van der Waals surface area contributed by atoms with Crippen molar-refractivity contribution in [3.8, 4) is 17.2 Å². The van der Waals surface area contributed by atoms with Gasteiger partial charge in [-0.2, -0.15) is 11.8 Å². The first kappa shape index (κ1) is 25.6. The Balaban J connectivity index is 1.57. The van der Waals surface area contributed by atoms with Crippen molar-refractivity contribution in [2.45, 2.75) is 18.7 Å². The van der Waals surface area contributed by atoms with Crippen LogP contribution in [0.4, 0.5) is 5.69 Å². The standard InChI is InChI=1S/C25H33N3O5S/c1-28(2)14-19-6-7-20(33-19)16-34-9-8-27-24-13-21(26)18(15-32-24)10-17-11-22(29-3)25(31-5)23(12-17)30-4/h6-7,11-13,15H,8-10,14,16,26H2,1-5H3. The lowest BCUT2D eigenvalue weighted by Gasteiger charge is -2.14. The Labute approximate surface area is 204 Å². The molecule has 0 atom stereocenters. The molecular formula is C25H33N3O5S. The topological polar surface area (TPSA) is 95.6 Å². The number of hydrogen-bond donors (Lipinski definition) is 1. The van der Waals surface area contributed by atoms with Gasteiger partial charge in [0, 0.05) is 29.5 Å². The average molecular weight is 488 g/mol.